The van der Waals surface area contributed by atoms with Gasteiger partial charge in [0.1, 0.15) is 12.4 Å². The molecular weight excluding hydrogens is 312 g/mol. The third-order valence-electron chi connectivity index (χ3n) is 3.58. The number of carbonyl (C=O) groups excluding carboxylic acids is 1. The highest BCUT2D eigenvalue weighted by molar-refractivity contribution is 6.32. The second kappa shape index (κ2) is 7.88. The van der Waals surface area contributed by atoms with Gasteiger partial charge in [-0.15, -0.1) is 0 Å². The Morgan fingerprint density at radius 1 is 1.17 bits per heavy atom. The molecule has 0 spiro atoms. The van der Waals surface area contributed by atoms with Gasteiger partial charge in [0.2, 0.25) is 0 Å². The van der Waals surface area contributed by atoms with Crippen molar-refractivity contribution in [1.29, 1.82) is 0 Å². The molecule has 0 aromatic heterocycles. The highest BCUT2D eigenvalue weighted by Crippen LogP contribution is 2.25. The van der Waals surface area contributed by atoms with Crippen molar-refractivity contribution in [2.24, 2.45) is 0 Å². The van der Waals surface area contributed by atoms with Crippen LogP contribution in [0.2, 0.25) is 5.02 Å². The predicted molar refractivity (Wildman–Crippen MR) is 94.6 cm³/mol. The molecule has 2 amide bonds. The first-order chi connectivity index (χ1) is 11.0. The molecule has 0 radical (unpaired) electrons. The Morgan fingerprint density at radius 2 is 1.96 bits per heavy atom. The Labute approximate surface area is 141 Å². The number of anilines is 1. The van der Waals surface area contributed by atoms with Gasteiger partial charge in [0.15, 0.2) is 0 Å². The van der Waals surface area contributed by atoms with Crippen LogP contribution in [0.4, 0.5) is 10.5 Å². The highest BCUT2D eigenvalue weighted by atomic mass is 35.5. The smallest absolute Gasteiger partial charge is 0.319 e. The summed E-state index contributed by atoms with van der Waals surface area (Å²) in [6.07, 6.45) is 0. The summed E-state index contributed by atoms with van der Waals surface area (Å²) in [5.74, 6) is 0.628. The van der Waals surface area contributed by atoms with E-state index in [0.29, 0.717) is 23.9 Å². The summed E-state index contributed by atoms with van der Waals surface area (Å²) in [5.41, 5.74) is 4.08. The predicted octanol–water partition coefficient (Wildman–Crippen LogP) is 4.47. The van der Waals surface area contributed by atoms with Gasteiger partial charge in [-0.05, 0) is 55.7 Å². The number of carbonyl (C=O) groups is 1. The molecule has 0 aliphatic rings. The van der Waals surface area contributed by atoms with Gasteiger partial charge in [-0.25, -0.2) is 4.79 Å². The Hall–Kier alpha value is -2.20. The van der Waals surface area contributed by atoms with Crippen molar-refractivity contribution >= 4 is 23.3 Å². The molecule has 23 heavy (non-hydrogen) atoms. The monoisotopic (exact) mass is 332 g/mol. The van der Waals surface area contributed by atoms with Crippen LogP contribution in [-0.4, -0.2) is 19.2 Å². The first kappa shape index (κ1) is 17.2. The standard InChI is InChI=1S/C18H21ClN2O2/c1-12-7-8-15(19)17(11-12)23-10-9-20-18(22)21-16-6-4-5-13(2)14(16)3/h4-8,11H,9-10H2,1-3H3,(H2,20,21,22). The molecule has 0 unspecified atom stereocenters. The van der Waals surface area contributed by atoms with Crippen LogP contribution in [0.15, 0.2) is 36.4 Å². The molecule has 0 saturated carbocycles. The molecule has 2 aromatic rings. The molecule has 4 nitrogen and oxygen atoms in total. The fourth-order valence-corrected chi connectivity index (χ4v) is 2.27. The van der Waals surface area contributed by atoms with Crippen LogP contribution in [-0.2, 0) is 0 Å². The van der Waals surface area contributed by atoms with Crippen LogP contribution in [0.1, 0.15) is 16.7 Å². The Morgan fingerprint density at radius 3 is 2.74 bits per heavy atom. The van der Waals surface area contributed by atoms with Crippen LogP contribution >= 0.6 is 11.6 Å². The van der Waals surface area contributed by atoms with Gasteiger partial charge in [0.05, 0.1) is 11.6 Å². The number of hydrogen-bond donors (Lipinski definition) is 2. The maximum atomic E-state index is 11.9. The van der Waals surface area contributed by atoms with Crippen molar-refractivity contribution in [3.8, 4) is 5.75 Å². The molecule has 0 aliphatic carbocycles. The van der Waals surface area contributed by atoms with Gasteiger partial charge in [-0.3, -0.25) is 0 Å². The number of halogens is 1. The van der Waals surface area contributed by atoms with E-state index >= 15 is 0 Å². The minimum absolute atomic E-state index is 0.252. The highest BCUT2D eigenvalue weighted by Gasteiger charge is 2.06. The van der Waals surface area contributed by atoms with E-state index in [4.69, 9.17) is 16.3 Å². The van der Waals surface area contributed by atoms with Crippen LogP contribution < -0.4 is 15.4 Å². The quantitative estimate of drug-likeness (QED) is 0.794. The Kier molecular flexibility index (Phi) is 5.88. The summed E-state index contributed by atoms with van der Waals surface area (Å²) in [7, 11) is 0. The molecule has 122 valence electrons. The third kappa shape index (κ3) is 4.89. The Bertz CT molecular complexity index is 701. The fourth-order valence-electron chi connectivity index (χ4n) is 2.10. The summed E-state index contributed by atoms with van der Waals surface area (Å²) in [6.45, 7) is 6.70. The van der Waals surface area contributed by atoms with Crippen molar-refractivity contribution < 1.29 is 9.53 Å². The molecule has 0 atom stereocenters. The topological polar surface area (TPSA) is 50.4 Å². The number of ether oxygens (including phenoxy) is 1. The van der Waals surface area contributed by atoms with Gasteiger partial charge in [0.25, 0.3) is 0 Å². The largest absolute Gasteiger partial charge is 0.490 e. The van der Waals surface area contributed by atoms with E-state index in [9.17, 15) is 4.79 Å². The second-order valence-electron chi connectivity index (χ2n) is 5.41. The van der Waals surface area contributed by atoms with E-state index in [1.165, 1.54) is 0 Å². The molecule has 2 aromatic carbocycles. The number of hydrogen-bond acceptors (Lipinski definition) is 2. The van der Waals surface area contributed by atoms with Gasteiger partial charge in [0, 0.05) is 5.69 Å². The first-order valence-corrected chi connectivity index (χ1v) is 7.85. The lowest BCUT2D eigenvalue weighted by Crippen LogP contribution is -2.32. The summed E-state index contributed by atoms with van der Waals surface area (Å²) in [6, 6.07) is 11.2. The zero-order valence-corrected chi connectivity index (χ0v) is 14.3. The molecule has 0 aliphatic heterocycles. The molecule has 0 saturated heterocycles. The zero-order valence-electron chi connectivity index (χ0n) is 13.6. The lowest BCUT2D eigenvalue weighted by Gasteiger charge is -2.12. The number of amides is 2. The van der Waals surface area contributed by atoms with Crippen molar-refractivity contribution in [3.05, 3.63) is 58.1 Å². The molecule has 2 N–H and O–H groups in total. The van der Waals surface area contributed by atoms with Crippen molar-refractivity contribution in [2.45, 2.75) is 20.8 Å². The summed E-state index contributed by atoms with van der Waals surface area (Å²) in [5, 5.41) is 6.17. The average molecular weight is 333 g/mol. The minimum atomic E-state index is -0.252. The lowest BCUT2D eigenvalue weighted by molar-refractivity contribution is 0.247. The molecule has 0 fully saturated rings. The molecular formula is C18H21ClN2O2. The third-order valence-corrected chi connectivity index (χ3v) is 3.90. The fraction of sp³-hybridized carbons (Fsp3) is 0.278. The van der Waals surface area contributed by atoms with Crippen molar-refractivity contribution in [3.63, 3.8) is 0 Å². The van der Waals surface area contributed by atoms with Crippen LogP contribution in [0.3, 0.4) is 0 Å². The normalized spacial score (nSPS) is 10.3. The second-order valence-corrected chi connectivity index (χ2v) is 5.82. The zero-order chi connectivity index (χ0) is 16.8. The van der Waals surface area contributed by atoms with Crippen molar-refractivity contribution in [1.82, 2.24) is 5.32 Å². The van der Waals surface area contributed by atoms with E-state index in [2.05, 4.69) is 10.6 Å². The van der Waals surface area contributed by atoms with Gasteiger partial charge < -0.3 is 15.4 Å². The van der Waals surface area contributed by atoms with Gasteiger partial charge in [-0.2, -0.15) is 0 Å². The van der Waals surface area contributed by atoms with Crippen LogP contribution in [0.25, 0.3) is 0 Å². The lowest BCUT2D eigenvalue weighted by atomic mass is 10.1. The minimum Gasteiger partial charge on any atom is -0.490 e. The van der Waals surface area contributed by atoms with Crippen LogP contribution in [0, 0.1) is 20.8 Å². The molecule has 5 heteroatoms. The van der Waals surface area contributed by atoms with Crippen molar-refractivity contribution in [2.75, 3.05) is 18.5 Å². The first-order valence-electron chi connectivity index (χ1n) is 7.47. The SMILES string of the molecule is Cc1ccc(Cl)c(OCCNC(=O)Nc2cccc(C)c2C)c1. The summed E-state index contributed by atoms with van der Waals surface area (Å²) in [4.78, 5) is 11.9. The Balaban J connectivity index is 1.79. The number of urea groups is 1. The molecule has 0 heterocycles. The molecule has 0 bridgehead atoms. The van der Waals surface area contributed by atoms with E-state index in [0.717, 1.165) is 22.4 Å². The van der Waals surface area contributed by atoms with Gasteiger partial charge in [-0.1, -0.05) is 29.8 Å². The number of rotatable bonds is 5. The molecule has 2 rings (SSSR count). The number of benzene rings is 2. The maximum Gasteiger partial charge on any atom is 0.319 e. The number of nitrogens with one attached hydrogen (secondary N) is 2. The number of aryl methyl sites for hydroxylation is 2. The van der Waals surface area contributed by atoms with E-state index in [1.54, 1.807) is 6.07 Å². The van der Waals surface area contributed by atoms with E-state index < -0.39 is 0 Å². The van der Waals surface area contributed by atoms with E-state index in [-0.39, 0.29) is 6.03 Å². The van der Waals surface area contributed by atoms with Gasteiger partial charge >= 0.3 is 6.03 Å². The average Bonchev–Trinajstić information content (AvgIpc) is 2.51. The van der Waals surface area contributed by atoms with E-state index in [1.807, 2.05) is 51.1 Å². The summed E-state index contributed by atoms with van der Waals surface area (Å²) >= 11 is 6.05. The van der Waals surface area contributed by atoms with Crippen LogP contribution in [0.5, 0.6) is 5.75 Å². The summed E-state index contributed by atoms with van der Waals surface area (Å²) < 4.78 is 5.59. The maximum absolute atomic E-state index is 11.9.